The van der Waals surface area contributed by atoms with Crippen molar-refractivity contribution in [2.45, 2.75) is 57.9 Å². The van der Waals surface area contributed by atoms with Crippen molar-refractivity contribution in [1.82, 2.24) is 19.4 Å². The van der Waals surface area contributed by atoms with E-state index in [-0.39, 0.29) is 17.7 Å². The molecule has 4 rings (SSSR count). The van der Waals surface area contributed by atoms with Gasteiger partial charge in [-0.3, -0.25) is 9.59 Å². The molecule has 0 N–H and O–H groups in total. The summed E-state index contributed by atoms with van der Waals surface area (Å²) in [7, 11) is 0. The molecule has 2 saturated heterocycles. The number of hydrogen-bond acceptors (Lipinski definition) is 3. The number of rotatable bonds is 6. The van der Waals surface area contributed by atoms with Gasteiger partial charge in [-0.05, 0) is 37.8 Å². The molecule has 0 unspecified atom stereocenters. The number of aromatic nitrogens is 2. The minimum atomic E-state index is 0.0610. The van der Waals surface area contributed by atoms with Gasteiger partial charge in [0.25, 0.3) is 0 Å². The summed E-state index contributed by atoms with van der Waals surface area (Å²) < 4.78 is 2.06. The van der Waals surface area contributed by atoms with E-state index >= 15 is 0 Å². The first-order valence-corrected chi connectivity index (χ1v) is 10.7. The van der Waals surface area contributed by atoms with Crippen molar-refractivity contribution >= 4 is 22.8 Å². The van der Waals surface area contributed by atoms with Crippen molar-refractivity contribution in [2.24, 2.45) is 0 Å². The average Bonchev–Trinajstić information content (AvgIpc) is 3.27. The molecule has 0 radical (unpaired) electrons. The van der Waals surface area contributed by atoms with Crippen LogP contribution in [-0.2, 0) is 16.1 Å². The molecule has 1 aromatic heterocycles. The fourth-order valence-electron chi connectivity index (χ4n) is 4.46. The number of carbonyl (C=O) groups is 2. The number of unbranched alkanes of at least 4 members (excludes halogenated alkanes) is 1. The molecule has 2 fully saturated rings. The summed E-state index contributed by atoms with van der Waals surface area (Å²) in [4.78, 5) is 34.2. The first-order chi connectivity index (χ1) is 13.7. The van der Waals surface area contributed by atoms with Crippen LogP contribution in [0, 0.1) is 0 Å². The Bertz CT molecular complexity index is 853. The summed E-state index contributed by atoms with van der Waals surface area (Å²) in [5.74, 6) is 1.32. The zero-order valence-electron chi connectivity index (χ0n) is 16.8. The van der Waals surface area contributed by atoms with Crippen molar-refractivity contribution in [1.29, 1.82) is 0 Å². The second kappa shape index (κ2) is 8.33. The van der Waals surface area contributed by atoms with Crippen LogP contribution in [0.1, 0.15) is 57.2 Å². The number of likely N-dealkylation sites (tertiary alicyclic amines) is 2. The summed E-state index contributed by atoms with van der Waals surface area (Å²) in [5, 5.41) is 0. The highest BCUT2D eigenvalue weighted by Gasteiger charge is 2.34. The third-order valence-electron chi connectivity index (χ3n) is 6.05. The maximum absolute atomic E-state index is 12.9. The number of hydrogen-bond donors (Lipinski definition) is 0. The highest BCUT2D eigenvalue weighted by atomic mass is 16.2. The molecule has 2 aromatic rings. The SMILES string of the molecule is CCCCN1C[C@H](c2nc3ccccc3n2CC(=O)N2CCCCC2)CC1=O. The molecule has 6 nitrogen and oxygen atoms in total. The van der Waals surface area contributed by atoms with Gasteiger partial charge < -0.3 is 14.4 Å². The number of amides is 2. The third-order valence-corrected chi connectivity index (χ3v) is 6.05. The third kappa shape index (κ3) is 3.77. The molecule has 1 aromatic carbocycles. The van der Waals surface area contributed by atoms with Crippen LogP contribution >= 0.6 is 0 Å². The molecule has 28 heavy (non-hydrogen) atoms. The number of carbonyl (C=O) groups excluding carboxylic acids is 2. The molecule has 0 bridgehead atoms. The molecular weight excluding hydrogens is 352 g/mol. The summed E-state index contributed by atoms with van der Waals surface area (Å²) >= 11 is 0. The lowest BCUT2D eigenvalue weighted by atomic mass is 10.1. The standard InChI is InChI=1S/C22H30N4O2/c1-2-3-11-25-15-17(14-20(25)27)22-23-18-9-5-6-10-19(18)26(22)16-21(28)24-12-7-4-8-13-24/h5-6,9-10,17H,2-4,7-8,11-16H2,1H3/t17-/m1/s1. The second-order valence-electron chi connectivity index (χ2n) is 8.08. The van der Waals surface area contributed by atoms with Crippen LogP contribution in [0.3, 0.4) is 0 Å². The van der Waals surface area contributed by atoms with Gasteiger partial charge in [0.1, 0.15) is 12.4 Å². The maximum atomic E-state index is 12.9. The molecular formula is C22H30N4O2. The number of para-hydroxylation sites is 2. The lowest BCUT2D eigenvalue weighted by Gasteiger charge is -2.27. The van der Waals surface area contributed by atoms with Gasteiger partial charge in [0.2, 0.25) is 11.8 Å². The summed E-state index contributed by atoms with van der Waals surface area (Å²) in [5.41, 5.74) is 1.89. The van der Waals surface area contributed by atoms with Crippen LogP contribution in [0.2, 0.25) is 0 Å². The maximum Gasteiger partial charge on any atom is 0.242 e. The predicted molar refractivity (Wildman–Crippen MR) is 109 cm³/mol. The Morgan fingerprint density at radius 2 is 1.96 bits per heavy atom. The number of benzene rings is 1. The molecule has 2 aliphatic heterocycles. The fraction of sp³-hybridized carbons (Fsp3) is 0.591. The smallest absolute Gasteiger partial charge is 0.242 e. The molecule has 6 heteroatoms. The van der Waals surface area contributed by atoms with Gasteiger partial charge in [0.05, 0.1) is 11.0 Å². The number of piperidine rings is 1. The van der Waals surface area contributed by atoms with Gasteiger partial charge in [0, 0.05) is 38.5 Å². The molecule has 0 saturated carbocycles. The van der Waals surface area contributed by atoms with Gasteiger partial charge in [-0.1, -0.05) is 25.5 Å². The van der Waals surface area contributed by atoms with Crippen molar-refractivity contribution in [3.05, 3.63) is 30.1 Å². The van der Waals surface area contributed by atoms with E-state index in [0.29, 0.717) is 19.5 Å². The normalized spacial score (nSPS) is 20.3. The minimum Gasteiger partial charge on any atom is -0.342 e. The number of fused-ring (bicyclic) bond motifs is 1. The van der Waals surface area contributed by atoms with E-state index in [9.17, 15) is 9.59 Å². The Morgan fingerprint density at radius 1 is 1.18 bits per heavy atom. The van der Waals surface area contributed by atoms with E-state index in [1.807, 2.05) is 34.1 Å². The quantitative estimate of drug-likeness (QED) is 0.771. The highest BCUT2D eigenvalue weighted by molar-refractivity contribution is 5.83. The molecule has 0 aliphatic carbocycles. The van der Waals surface area contributed by atoms with Gasteiger partial charge in [-0.2, -0.15) is 0 Å². The zero-order chi connectivity index (χ0) is 19.5. The summed E-state index contributed by atoms with van der Waals surface area (Å²) in [6.45, 7) is 5.69. The van der Waals surface area contributed by atoms with E-state index in [2.05, 4.69) is 11.5 Å². The topological polar surface area (TPSA) is 58.4 Å². The fourth-order valence-corrected chi connectivity index (χ4v) is 4.46. The van der Waals surface area contributed by atoms with Crippen LogP contribution < -0.4 is 0 Å². The Labute approximate surface area is 166 Å². The predicted octanol–water partition coefficient (Wildman–Crippen LogP) is 3.16. The number of imidazole rings is 1. The molecule has 1 atom stereocenters. The average molecular weight is 383 g/mol. The van der Waals surface area contributed by atoms with Gasteiger partial charge in [0.15, 0.2) is 0 Å². The van der Waals surface area contributed by atoms with E-state index in [1.165, 1.54) is 6.42 Å². The van der Waals surface area contributed by atoms with Crippen LogP contribution in [0.15, 0.2) is 24.3 Å². The molecule has 2 aliphatic rings. The summed E-state index contributed by atoms with van der Waals surface area (Å²) in [6.07, 6.45) is 5.99. The van der Waals surface area contributed by atoms with Crippen molar-refractivity contribution in [3.63, 3.8) is 0 Å². The van der Waals surface area contributed by atoms with Crippen LogP contribution in [-0.4, -0.2) is 57.3 Å². The monoisotopic (exact) mass is 382 g/mol. The largest absolute Gasteiger partial charge is 0.342 e. The van der Waals surface area contributed by atoms with E-state index in [1.54, 1.807) is 0 Å². The van der Waals surface area contributed by atoms with Gasteiger partial charge in [-0.25, -0.2) is 4.98 Å². The zero-order valence-corrected chi connectivity index (χ0v) is 16.8. The first kappa shape index (κ1) is 19.0. The first-order valence-electron chi connectivity index (χ1n) is 10.7. The van der Waals surface area contributed by atoms with E-state index in [0.717, 1.165) is 62.2 Å². The van der Waals surface area contributed by atoms with E-state index < -0.39 is 0 Å². The summed E-state index contributed by atoms with van der Waals surface area (Å²) in [6, 6.07) is 7.99. The Hall–Kier alpha value is -2.37. The molecule has 0 spiro atoms. The van der Waals surface area contributed by atoms with Gasteiger partial charge in [-0.15, -0.1) is 0 Å². The molecule has 2 amide bonds. The van der Waals surface area contributed by atoms with Crippen LogP contribution in [0.4, 0.5) is 0 Å². The highest BCUT2D eigenvalue weighted by Crippen LogP contribution is 2.30. The van der Waals surface area contributed by atoms with Crippen LogP contribution in [0.5, 0.6) is 0 Å². The lowest BCUT2D eigenvalue weighted by molar-refractivity contribution is -0.132. The molecule has 150 valence electrons. The van der Waals surface area contributed by atoms with Crippen molar-refractivity contribution in [2.75, 3.05) is 26.2 Å². The lowest BCUT2D eigenvalue weighted by Crippen LogP contribution is -2.38. The minimum absolute atomic E-state index is 0.0610. The number of nitrogens with zero attached hydrogens (tertiary/aromatic N) is 4. The second-order valence-corrected chi connectivity index (χ2v) is 8.08. The Balaban J connectivity index is 1.60. The van der Waals surface area contributed by atoms with Crippen LogP contribution in [0.25, 0.3) is 11.0 Å². The van der Waals surface area contributed by atoms with Crippen molar-refractivity contribution < 1.29 is 9.59 Å². The van der Waals surface area contributed by atoms with Crippen molar-refractivity contribution in [3.8, 4) is 0 Å². The molecule has 3 heterocycles. The Kier molecular flexibility index (Phi) is 5.64. The van der Waals surface area contributed by atoms with E-state index in [4.69, 9.17) is 4.98 Å². The van der Waals surface area contributed by atoms with Gasteiger partial charge >= 0.3 is 0 Å². The Morgan fingerprint density at radius 3 is 2.75 bits per heavy atom.